The third-order valence-corrected chi connectivity index (χ3v) is 5.42. The Morgan fingerprint density at radius 1 is 1.18 bits per heavy atom. The number of likely N-dealkylation sites (tertiary alicyclic amines) is 1. The molecule has 152 valence electrons. The van der Waals surface area contributed by atoms with E-state index in [9.17, 15) is 22.4 Å². The summed E-state index contributed by atoms with van der Waals surface area (Å²) in [7, 11) is 0. The topological polar surface area (TPSA) is 77.0 Å². The van der Waals surface area contributed by atoms with Crippen molar-refractivity contribution in [2.45, 2.75) is 25.1 Å². The average Bonchev–Trinajstić information content (AvgIpc) is 3.30. The van der Waals surface area contributed by atoms with Crippen molar-refractivity contribution in [2.24, 2.45) is 17.6 Å². The monoisotopic (exact) mass is 419 g/mol. The summed E-state index contributed by atoms with van der Waals surface area (Å²) >= 11 is 0. The van der Waals surface area contributed by atoms with Gasteiger partial charge >= 0.3 is 6.18 Å². The van der Waals surface area contributed by atoms with Crippen molar-refractivity contribution in [1.82, 2.24) is 19.9 Å². The number of hydrogen-bond donors (Lipinski definition) is 1. The SMILES string of the molecule is Cl.NC1CCC2CN(C(=O)c3nnn(-c4ccccc4F)c3C(F)(F)F)CC12. The summed E-state index contributed by atoms with van der Waals surface area (Å²) in [6.45, 7) is 0.648. The van der Waals surface area contributed by atoms with E-state index in [4.69, 9.17) is 5.73 Å². The lowest BCUT2D eigenvalue weighted by Gasteiger charge is -2.19. The second kappa shape index (κ2) is 7.32. The molecule has 2 fully saturated rings. The molecule has 1 aliphatic carbocycles. The van der Waals surface area contributed by atoms with Crippen LogP contribution >= 0.6 is 12.4 Å². The number of alkyl halides is 3. The quantitative estimate of drug-likeness (QED) is 0.759. The van der Waals surface area contributed by atoms with Crippen LogP contribution in [0.5, 0.6) is 0 Å². The minimum absolute atomic E-state index is 0. The summed E-state index contributed by atoms with van der Waals surface area (Å²) in [6, 6.07) is 4.84. The number of benzene rings is 1. The summed E-state index contributed by atoms with van der Waals surface area (Å²) in [5.41, 5.74) is 3.41. The molecule has 6 nitrogen and oxygen atoms in total. The molecule has 1 saturated carbocycles. The molecule has 0 spiro atoms. The second-order valence-electron chi connectivity index (χ2n) is 7.02. The first-order valence-electron chi connectivity index (χ1n) is 8.60. The van der Waals surface area contributed by atoms with Crippen LogP contribution in [-0.4, -0.2) is 44.9 Å². The molecule has 1 aromatic carbocycles. The fraction of sp³-hybridized carbons (Fsp3) is 0.471. The van der Waals surface area contributed by atoms with Gasteiger partial charge in [0.25, 0.3) is 5.91 Å². The van der Waals surface area contributed by atoms with Crippen LogP contribution in [0, 0.1) is 17.7 Å². The first-order chi connectivity index (χ1) is 12.8. The summed E-state index contributed by atoms with van der Waals surface area (Å²) in [5.74, 6) is -1.47. The maximum Gasteiger partial charge on any atom is 0.435 e. The van der Waals surface area contributed by atoms with Crippen LogP contribution in [0.2, 0.25) is 0 Å². The maximum atomic E-state index is 14.0. The molecule has 2 aromatic rings. The summed E-state index contributed by atoms with van der Waals surface area (Å²) in [4.78, 5) is 14.1. The second-order valence-corrected chi connectivity index (χ2v) is 7.02. The molecule has 1 aromatic heterocycles. The highest BCUT2D eigenvalue weighted by Gasteiger charge is 2.47. The average molecular weight is 420 g/mol. The number of carbonyl (C=O) groups excluding carboxylic acids is 1. The fourth-order valence-electron chi connectivity index (χ4n) is 4.10. The van der Waals surface area contributed by atoms with E-state index in [0.29, 0.717) is 17.8 Å². The summed E-state index contributed by atoms with van der Waals surface area (Å²) < 4.78 is 55.4. The van der Waals surface area contributed by atoms with Crippen LogP contribution in [0.15, 0.2) is 24.3 Å². The molecule has 3 unspecified atom stereocenters. The molecule has 4 rings (SSSR count). The Bertz CT molecular complexity index is 887. The van der Waals surface area contributed by atoms with Crippen molar-refractivity contribution in [1.29, 1.82) is 0 Å². The Balaban J connectivity index is 0.00000225. The Labute approximate surface area is 164 Å². The number of amides is 1. The van der Waals surface area contributed by atoms with E-state index >= 15 is 0 Å². The van der Waals surface area contributed by atoms with Gasteiger partial charge in [0.15, 0.2) is 11.4 Å². The molecular formula is C17H18ClF4N5O. The zero-order chi connectivity index (χ0) is 19.3. The Morgan fingerprint density at radius 3 is 2.54 bits per heavy atom. The fourth-order valence-corrected chi connectivity index (χ4v) is 4.10. The zero-order valence-electron chi connectivity index (χ0n) is 14.6. The molecule has 3 atom stereocenters. The number of hydrogen-bond acceptors (Lipinski definition) is 4. The molecule has 2 heterocycles. The van der Waals surface area contributed by atoms with Gasteiger partial charge in [-0.2, -0.15) is 13.2 Å². The van der Waals surface area contributed by atoms with Gasteiger partial charge in [0.1, 0.15) is 11.5 Å². The molecule has 2 aliphatic rings. The van der Waals surface area contributed by atoms with Crippen LogP contribution in [0.1, 0.15) is 29.0 Å². The number of halogens is 5. The molecule has 1 amide bonds. The molecular weight excluding hydrogens is 402 g/mol. The molecule has 0 radical (unpaired) electrons. The summed E-state index contributed by atoms with van der Waals surface area (Å²) in [6.07, 6.45) is -3.22. The standard InChI is InChI=1S/C17H17F4N5O.ClH/c18-11-3-1-2-4-13(11)26-15(17(19,20)21)14(23-24-26)16(27)25-7-9-5-6-12(22)10(9)8-25;/h1-4,9-10,12H,5-8,22H2;1H. The normalized spacial score (nSPS) is 24.2. The van der Waals surface area contributed by atoms with Crippen molar-refractivity contribution in [3.63, 3.8) is 0 Å². The smallest absolute Gasteiger partial charge is 0.337 e. The summed E-state index contributed by atoms with van der Waals surface area (Å²) in [5, 5.41) is 6.89. The minimum Gasteiger partial charge on any atom is -0.337 e. The molecule has 2 N–H and O–H groups in total. The first kappa shape index (κ1) is 20.5. The van der Waals surface area contributed by atoms with Crippen LogP contribution < -0.4 is 5.73 Å². The molecule has 28 heavy (non-hydrogen) atoms. The van der Waals surface area contributed by atoms with Gasteiger partial charge in [0, 0.05) is 19.1 Å². The lowest BCUT2D eigenvalue weighted by atomic mass is 9.98. The number of fused-ring (bicyclic) bond motifs is 1. The van der Waals surface area contributed by atoms with E-state index in [1.165, 1.54) is 17.0 Å². The van der Waals surface area contributed by atoms with Gasteiger partial charge in [-0.15, -0.1) is 17.5 Å². The number of nitrogens with zero attached hydrogens (tertiary/aromatic N) is 4. The first-order valence-corrected chi connectivity index (χ1v) is 8.60. The third-order valence-electron chi connectivity index (χ3n) is 5.42. The van der Waals surface area contributed by atoms with Gasteiger partial charge in [-0.05, 0) is 36.8 Å². The highest BCUT2D eigenvalue weighted by Crippen LogP contribution is 2.39. The van der Waals surface area contributed by atoms with E-state index < -0.39 is 35.0 Å². The van der Waals surface area contributed by atoms with Crippen LogP contribution in [0.4, 0.5) is 17.6 Å². The van der Waals surface area contributed by atoms with Gasteiger partial charge in [-0.25, -0.2) is 9.07 Å². The Morgan fingerprint density at radius 2 is 1.89 bits per heavy atom. The van der Waals surface area contributed by atoms with Crippen LogP contribution in [0.3, 0.4) is 0 Å². The minimum atomic E-state index is -4.93. The Kier molecular flexibility index (Phi) is 5.37. The van der Waals surface area contributed by atoms with Crippen molar-refractivity contribution in [3.05, 3.63) is 41.5 Å². The number of para-hydroxylation sites is 1. The van der Waals surface area contributed by atoms with Crippen LogP contribution in [-0.2, 0) is 6.18 Å². The van der Waals surface area contributed by atoms with Crippen LogP contribution in [0.25, 0.3) is 5.69 Å². The maximum absolute atomic E-state index is 14.0. The van der Waals surface area contributed by atoms with E-state index in [1.807, 2.05) is 0 Å². The third kappa shape index (κ3) is 3.35. The lowest BCUT2D eigenvalue weighted by molar-refractivity contribution is -0.143. The molecule has 1 aliphatic heterocycles. The van der Waals surface area contributed by atoms with E-state index in [0.717, 1.165) is 25.0 Å². The van der Waals surface area contributed by atoms with Crippen molar-refractivity contribution in [2.75, 3.05) is 13.1 Å². The number of carbonyl (C=O) groups is 1. The van der Waals surface area contributed by atoms with Crippen molar-refractivity contribution >= 4 is 18.3 Å². The van der Waals surface area contributed by atoms with Gasteiger partial charge in [0.05, 0.1) is 0 Å². The van der Waals surface area contributed by atoms with E-state index in [-0.39, 0.29) is 30.3 Å². The highest BCUT2D eigenvalue weighted by atomic mass is 35.5. The van der Waals surface area contributed by atoms with E-state index in [1.54, 1.807) is 0 Å². The Hall–Kier alpha value is -2.20. The van der Waals surface area contributed by atoms with Gasteiger partial charge in [-0.1, -0.05) is 17.3 Å². The lowest BCUT2D eigenvalue weighted by Crippen LogP contribution is -2.34. The zero-order valence-corrected chi connectivity index (χ0v) is 15.4. The van der Waals surface area contributed by atoms with Gasteiger partial charge < -0.3 is 10.6 Å². The number of aromatic nitrogens is 3. The van der Waals surface area contributed by atoms with Gasteiger partial charge in [-0.3, -0.25) is 4.79 Å². The van der Waals surface area contributed by atoms with Crippen molar-refractivity contribution < 1.29 is 22.4 Å². The molecule has 11 heteroatoms. The largest absolute Gasteiger partial charge is 0.435 e. The van der Waals surface area contributed by atoms with Gasteiger partial charge in [0.2, 0.25) is 0 Å². The van der Waals surface area contributed by atoms with Crippen molar-refractivity contribution in [3.8, 4) is 5.69 Å². The molecule has 0 bridgehead atoms. The predicted octanol–water partition coefficient (Wildman–Crippen LogP) is 2.66. The predicted molar refractivity (Wildman–Crippen MR) is 93.7 cm³/mol. The number of nitrogens with two attached hydrogens (primary N) is 1. The number of rotatable bonds is 2. The highest BCUT2D eigenvalue weighted by molar-refractivity contribution is 5.94. The molecule has 1 saturated heterocycles. The van der Waals surface area contributed by atoms with E-state index in [2.05, 4.69) is 10.3 Å².